The van der Waals surface area contributed by atoms with Crippen LogP contribution in [0.4, 0.5) is 0 Å². The minimum absolute atomic E-state index is 0.269. The summed E-state index contributed by atoms with van der Waals surface area (Å²) in [6.07, 6.45) is 13.3. The molecule has 0 saturated heterocycles. The number of rotatable bonds is 12. The van der Waals surface area contributed by atoms with Crippen LogP contribution in [0, 0.1) is 0 Å². The maximum absolute atomic E-state index is 4.33. The van der Waals surface area contributed by atoms with E-state index in [4.69, 9.17) is 0 Å². The normalized spacial score (nSPS) is 13.3. The van der Waals surface area contributed by atoms with Crippen LogP contribution in [0.1, 0.15) is 63.5 Å². The summed E-state index contributed by atoms with van der Waals surface area (Å²) in [5.41, 5.74) is 1.21. The molecule has 0 saturated carbocycles. The summed E-state index contributed by atoms with van der Waals surface area (Å²) < 4.78 is 1.85. The van der Waals surface area contributed by atoms with E-state index in [1.807, 2.05) is 25.0 Å². The van der Waals surface area contributed by atoms with Crippen LogP contribution in [0.2, 0.25) is 0 Å². The lowest BCUT2D eigenvalue weighted by molar-refractivity contribution is 0.298. The van der Waals surface area contributed by atoms with Crippen molar-refractivity contribution in [2.75, 3.05) is 34.2 Å². The first kappa shape index (κ1) is 21.5. The van der Waals surface area contributed by atoms with Gasteiger partial charge in [-0.15, -0.1) is 0 Å². The fourth-order valence-electron chi connectivity index (χ4n) is 2.91. The maximum Gasteiger partial charge on any atom is 0.191 e. The van der Waals surface area contributed by atoms with Crippen LogP contribution in [0.15, 0.2) is 17.4 Å². The zero-order valence-electron chi connectivity index (χ0n) is 16.9. The van der Waals surface area contributed by atoms with E-state index < -0.39 is 0 Å². The fraction of sp³-hybridized carbons (Fsp3) is 0.789. The van der Waals surface area contributed by atoms with Crippen molar-refractivity contribution in [2.45, 2.75) is 57.9 Å². The lowest BCUT2D eigenvalue weighted by Crippen LogP contribution is -2.42. The molecule has 25 heavy (non-hydrogen) atoms. The number of hydrogen-bond acceptors (Lipinski definition) is 3. The molecule has 1 unspecified atom stereocenters. The molecule has 0 aliphatic heterocycles. The van der Waals surface area contributed by atoms with E-state index in [1.165, 1.54) is 50.5 Å². The average Bonchev–Trinajstić information content (AvgIpc) is 3.01. The second-order valence-electron chi connectivity index (χ2n) is 6.93. The van der Waals surface area contributed by atoms with Gasteiger partial charge in [0.25, 0.3) is 0 Å². The number of guanidine groups is 1. The van der Waals surface area contributed by atoms with Crippen molar-refractivity contribution in [3.05, 3.63) is 18.0 Å². The van der Waals surface area contributed by atoms with Gasteiger partial charge in [0.15, 0.2) is 5.96 Å². The molecular weight excluding hydrogens is 312 g/mol. The van der Waals surface area contributed by atoms with Crippen LogP contribution in [-0.4, -0.2) is 54.9 Å². The number of aliphatic imine (C=N–C) groups is 1. The standard InChI is InChI=1S/C19H38N6/c1-6-7-8-9-10-11-12-13-21-19(20-2)22-15-18(24(3)4)17-14-23-25(5)16-17/h14,16,18H,6-13,15H2,1-5H3,(H2,20,21,22). The molecule has 0 amide bonds. The Morgan fingerprint density at radius 2 is 1.84 bits per heavy atom. The molecule has 1 atom stereocenters. The zero-order chi connectivity index (χ0) is 18.5. The van der Waals surface area contributed by atoms with Crippen LogP contribution in [0.3, 0.4) is 0 Å². The molecule has 1 aromatic rings. The van der Waals surface area contributed by atoms with E-state index in [0.29, 0.717) is 0 Å². The van der Waals surface area contributed by atoms with Crippen molar-refractivity contribution in [3.63, 3.8) is 0 Å². The quantitative estimate of drug-likeness (QED) is 0.346. The first-order chi connectivity index (χ1) is 12.1. The minimum atomic E-state index is 0.269. The highest BCUT2D eigenvalue weighted by Crippen LogP contribution is 2.16. The highest BCUT2D eigenvalue weighted by atomic mass is 15.3. The van der Waals surface area contributed by atoms with Gasteiger partial charge in [0.2, 0.25) is 0 Å². The lowest BCUT2D eigenvalue weighted by atomic mass is 10.1. The molecule has 6 heteroatoms. The highest BCUT2D eigenvalue weighted by molar-refractivity contribution is 5.79. The Hall–Kier alpha value is -1.56. The van der Waals surface area contributed by atoms with Crippen LogP contribution >= 0.6 is 0 Å². The molecule has 1 rings (SSSR count). The molecule has 0 aliphatic rings. The van der Waals surface area contributed by atoms with Gasteiger partial charge >= 0.3 is 0 Å². The molecule has 0 aromatic carbocycles. The summed E-state index contributed by atoms with van der Waals surface area (Å²) in [5, 5.41) is 11.1. The molecule has 0 radical (unpaired) electrons. The summed E-state index contributed by atoms with van der Waals surface area (Å²) in [7, 11) is 7.96. The summed E-state index contributed by atoms with van der Waals surface area (Å²) in [6.45, 7) is 4.04. The number of aryl methyl sites for hydroxylation is 1. The Morgan fingerprint density at radius 1 is 1.16 bits per heavy atom. The van der Waals surface area contributed by atoms with Gasteiger partial charge in [0.1, 0.15) is 0 Å². The van der Waals surface area contributed by atoms with Crippen LogP contribution in [0.25, 0.3) is 0 Å². The van der Waals surface area contributed by atoms with Gasteiger partial charge in [-0.3, -0.25) is 9.67 Å². The van der Waals surface area contributed by atoms with Crippen molar-refractivity contribution in [1.82, 2.24) is 25.3 Å². The van der Waals surface area contributed by atoms with Crippen LogP contribution < -0.4 is 10.6 Å². The van der Waals surface area contributed by atoms with E-state index in [9.17, 15) is 0 Å². The fourth-order valence-corrected chi connectivity index (χ4v) is 2.91. The average molecular weight is 351 g/mol. The monoisotopic (exact) mass is 350 g/mol. The summed E-state index contributed by atoms with van der Waals surface area (Å²) in [4.78, 5) is 6.53. The first-order valence-corrected chi connectivity index (χ1v) is 9.68. The van der Waals surface area contributed by atoms with Crippen molar-refractivity contribution < 1.29 is 0 Å². The molecule has 144 valence electrons. The van der Waals surface area contributed by atoms with Crippen molar-refractivity contribution in [1.29, 1.82) is 0 Å². The Morgan fingerprint density at radius 3 is 2.40 bits per heavy atom. The van der Waals surface area contributed by atoms with Gasteiger partial charge in [-0.2, -0.15) is 5.10 Å². The molecule has 0 aliphatic carbocycles. The molecule has 2 N–H and O–H groups in total. The van der Waals surface area contributed by atoms with Gasteiger partial charge in [-0.05, 0) is 20.5 Å². The van der Waals surface area contributed by atoms with E-state index in [-0.39, 0.29) is 6.04 Å². The third kappa shape index (κ3) is 8.91. The molecule has 1 aromatic heterocycles. The van der Waals surface area contributed by atoms with Gasteiger partial charge in [0.05, 0.1) is 12.2 Å². The molecular formula is C19H38N6. The summed E-state index contributed by atoms with van der Waals surface area (Å²) >= 11 is 0. The number of nitrogens with one attached hydrogen (secondary N) is 2. The first-order valence-electron chi connectivity index (χ1n) is 9.68. The Bertz CT molecular complexity index is 480. The van der Waals surface area contributed by atoms with Crippen molar-refractivity contribution in [3.8, 4) is 0 Å². The smallest absolute Gasteiger partial charge is 0.191 e. The van der Waals surface area contributed by atoms with Crippen LogP contribution in [-0.2, 0) is 7.05 Å². The topological polar surface area (TPSA) is 57.5 Å². The molecule has 0 bridgehead atoms. The minimum Gasteiger partial charge on any atom is -0.356 e. The molecule has 1 heterocycles. The van der Waals surface area contributed by atoms with E-state index in [1.54, 1.807) is 0 Å². The number of nitrogens with zero attached hydrogens (tertiary/aromatic N) is 4. The molecule has 6 nitrogen and oxygen atoms in total. The third-order valence-corrected chi connectivity index (χ3v) is 4.49. The highest BCUT2D eigenvalue weighted by Gasteiger charge is 2.16. The molecule has 0 spiro atoms. The summed E-state index contributed by atoms with van der Waals surface area (Å²) in [6, 6.07) is 0.269. The second kappa shape index (κ2) is 12.8. The number of unbranched alkanes of at least 4 members (excludes halogenated alkanes) is 6. The number of likely N-dealkylation sites (N-methyl/N-ethyl adjacent to an activating group) is 1. The Labute approximate surface area is 154 Å². The Balaban J connectivity index is 2.26. The predicted molar refractivity (Wildman–Crippen MR) is 107 cm³/mol. The van der Waals surface area contributed by atoms with Gasteiger partial charge in [-0.1, -0.05) is 45.4 Å². The zero-order valence-corrected chi connectivity index (χ0v) is 16.9. The predicted octanol–water partition coefficient (Wildman–Crippen LogP) is 2.94. The van der Waals surface area contributed by atoms with E-state index >= 15 is 0 Å². The number of hydrogen-bond donors (Lipinski definition) is 2. The molecule has 0 fully saturated rings. The lowest BCUT2D eigenvalue weighted by Gasteiger charge is -2.24. The van der Waals surface area contributed by atoms with E-state index in [2.05, 4.69) is 52.8 Å². The van der Waals surface area contributed by atoms with Crippen molar-refractivity contribution >= 4 is 5.96 Å². The van der Waals surface area contributed by atoms with E-state index in [0.717, 1.165) is 19.0 Å². The van der Waals surface area contributed by atoms with Gasteiger partial charge in [0, 0.05) is 38.9 Å². The van der Waals surface area contributed by atoms with Crippen molar-refractivity contribution in [2.24, 2.45) is 12.0 Å². The summed E-state index contributed by atoms with van der Waals surface area (Å²) in [5.74, 6) is 0.877. The van der Waals surface area contributed by atoms with Gasteiger partial charge < -0.3 is 15.5 Å². The number of aromatic nitrogens is 2. The Kier molecular flexibility index (Phi) is 11.0. The largest absolute Gasteiger partial charge is 0.356 e. The van der Waals surface area contributed by atoms with Gasteiger partial charge in [-0.25, -0.2) is 0 Å². The SMILES string of the molecule is CCCCCCCCCNC(=NC)NCC(c1cnn(C)c1)N(C)C. The third-order valence-electron chi connectivity index (χ3n) is 4.49. The van der Waals surface area contributed by atoms with Crippen LogP contribution in [0.5, 0.6) is 0 Å². The maximum atomic E-state index is 4.33. The second-order valence-corrected chi connectivity index (χ2v) is 6.93.